The summed E-state index contributed by atoms with van der Waals surface area (Å²) in [6.45, 7) is 2.09. The number of piperidine rings is 1. The molecular weight excluding hydrogens is 356 g/mol. The van der Waals surface area contributed by atoms with Crippen LogP contribution in [0.25, 0.3) is 0 Å². The standard InChI is InChI=1S/C22H30N2O4/c1-27-13-14-28-22(26)24-12-10-17-15-18(8-9-20(17)24)21(25)23-11-4-6-16-5-2-3-7-19(16)23/h8-9,15-16,19H,2-7,10-14H2,1H3/t16-,19-/m1/s1. The first-order chi connectivity index (χ1) is 13.7. The van der Waals surface area contributed by atoms with Gasteiger partial charge in [-0.2, -0.15) is 0 Å². The molecule has 1 aromatic carbocycles. The Kier molecular flexibility index (Phi) is 5.85. The summed E-state index contributed by atoms with van der Waals surface area (Å²) >= 11 is 0. The van der Waals surface area contributed by atoms with Crippen molar-refractivity contribution in [3.05, 3.63) is 29.3 Å². The monoisotopic (exact) mass is 386 g/mol. The molecule has 152 valence electrons. The Morgan fingerprint density at radius 2 is 1.89 bits per heavy atom. The lowest BCUT2D eigenvalue weighted by molar-refractivity contribution is 0.0390. The molecule has 1 saturated carbocycles. The molecular formula is C22H30N2O4. The van der Waals surface area contributed by atoms with E-state index in [0.717, 1.165) is 42.6 Å². The fraction of sp³-hybridized carbons (Fsp3) is 0.636. The number of likely N-dealkylation sites (tertiary alicyclic amines) is 1. The zero-order chi connectivity index (χ0) is 19.5. The maximum Gasteiger partial charge on any atom is 0.414 e. The minimum absolute atomic E-state index is 0.153. The first-order valence-electron chi connectivity index (χ1n) is 10.6. The molecule has 28 heavy (non-hydrogen) atoms. The highest BCUT2D eigenvalue weighted by atomic mass is 16.6. The van der Waals surface area contributed by atoms with Crippen LogP contribution in [-0.2, 0) is 15.9 Å². The van der Waals surface area contributed by atoms with Crippen molar-refractivity contribution in [2.45, 2.75) is 51.0 Å². The summed E-state index contributed by atoms with van der Waals surface area (Å²) in [5, 5.41) is 0. The van der Waals surface area contributed by atoms with Gasteiger partial charge in [-0.1, -0.05) is 12.8 Å². The third kappa shape index (κ3) is 3.75. The summed E-state index contributed by atoms with van der Waals surface area (Å²) < 4.78 is 10.2. The van der Waals surface area contributed by atoms with Gasteiger partial charge in [0.05, 0.1) is 12.3 Å². The van der Waals surface area contributed by atoms with E-state index in [2.05, 4.69) is 4.90 Å². The summed E-state index contributed by atoms with van der Waals surface area (Å²) in [4.78, 5) is 29.3. The zero-order valence-corrected chi connectivity index (χ0v) is 16.7. The van der Waals surface area contributed by atoms with E-state index >= 15 is 0 Å². The molecule has 0 N–H and O–H groups in total. The Morgan fingerprint density at radius 3 is 2.75 bits per heavy atom. The minimum atomic E-state index is -0.351. The SMILES string of the molecule is COCCOC(=O)N1CCc2cc(C(=O)N3CCC[C@H]4CCCC[C@H]43)ccc21. The third-order valence-electron chi connectivity index (χ3n) is 6.46. The van der Waals surface area contributed by atoms with Crippen LogP contribution in [-0.4, -0.2) is 56.4 Å². The van der Waals surface area contributed by atoms with Crippen LogP contribution >= 0.6 is 0 Å². The number of hydrogen-bond acceptors (Lipinski definition) is 4. The number of methoxy groups -OCH3 is 1. The molecule has 1 aliphatic carbocycles. The van der Waals surface area contributed by atoms with E-state index in [1.807, 2.05) is 18.2 Å². The molecule has 0 spiro atoms. The number of carbonyl (C=O) groups is 2. The van der Waals surface area contributed by atoms with Crippen LogP contribution in [0.4, 0.5) is 10.5 Å². The zero-order valence-electron chi connectivity index (χ0n) is 16.7. The highest BCUT2D eigenvalue weighted by Crippen LogP contribution is 2.36. The number of ether oxygens (including phenoxy) is 2. The highest BCUT2D eigenvalue weighted by Gasteiger charge is 2.36. The molecule has 2 heterocycles. The Bertz CT molecular complexity index is 733. The number of hydrogen-bond donors (Lipinski definition) is 0. The Balaban J connectivity index is 1.47. The summed E-state index contributed by atoms with van der Waals surface area (Å²) in [6, 6.07) is 6.16. The fourth-order valence-electron chi connectivity index (χ4n) is 5.06. The van der Waals surface area contributed by atoms with E-state index in [9.17, 15) is 9.59 Å². The van der Waals surface area contributed by atoms with Crippen molar-refractivity contribution < 1.29 is 19.1 Å². The third-order valence-corrected chi connectivity index (χ3v) is 6.46. The Labute approximate surface area is 166 Å². The van der Waals surface area contributed by atoms with Gasteiger partial charge in [0.15, 0.2) is 0 Å². The molecule has 2 aliphatic heterocycles. The van der Waals surface area contributed by atoms with Gasteiger partial charge in [-0.15, -0.1) is 0 Å². The molecule has 3 aliphatic rings. The van der Waals surface area contributed by atoms with Gasteiger partial charge in [0.25, 0.3) is 5.91 Å². The van der Waals surface area contributed by atoms with Crippen molar-refractivity contribution in [3.8, 4) is 0 Å². The second-order valence-corrected chi connectivity index (χ2v) is 8.10. The number of benzene rings is 1. The quantitative estimate of drug-likeness (QED) is 0.742. The molecule has 2 atom stereocenters. The van der Waals surface area contributed by atoms with Crippen LogP contribution in [0.2, 0.25) is 0 Å². The van der Waals surface area contributed by atoms with Crippen molar-refractivity contribution in [2.75, 3.05) is 38.3 Å². The van der Waals surface area contributed by atoms with Gasteiger partial charge in [0.1, 0.15) is 6.61 Å². The van der Waals surface area contributed by atoms with Crippen LogP contribution in [0.15, 0.2) is 18.2 Å². The van der Waals surface area contributed by atoms with Crippen LogP contribution in [0, 0.1) is 5.92 Å². The van der Waals surface area contributed by atoms with E-state index in [4.69, 9.17) is 9.47 Å². The summed E-state index contributed by atoms with van der Waals surface area (Å²) in [6.07, 6.45) is 7.71. The molecule has 6 heteroatoms. The molecule has 1 saturated heterocycles. The molecule has 2 amide bonds. The molecule has 6 nitrogen and oxygen atoms in total. The van der Waals surface area contributed by atoms with Crippen molar-refractivity contribution >= 4 is 17.7 Å². The Hall–Kier alpha value is -2.08. The van der Waals surface area contributed by atoms with Gasteiger partial charge in [0.2, 0.25) is 0 Å². The molecule has 0 unspecified atom stereocenters. The lowest BCUT2D eigenvalue weighted by Gasteiger charge is -2.44. The normalized spacial score (nSPS) is 23.9. The molecule has 1 aromatic rings. The van der Waals surface area contributed by atoms with Gasteiger partial charge in [-0.25, -0.2) is 4.79 Å². The van der Waals surface area contributed by atoms with Crippen molar-refractivity contribution in [1.29, 1.82) is 0 Å². The second-order valence-electron chi connectivity index (χ2n) is 8.10. The molecule has 4 rings (SSSR count). The largest absolute Gasteiger partial charge is 0.447 e. The fourth-order valence-corrected chi connectivity index (χ4v) is 5.06. The first-order valence-corrected chi connectivity index (χ1v) is 10.6. The lowest BCUT2D eigenvalue weighted by atomic mass is 9.78. The van der Waals surface area contributed by atoms with Crippen LogP contribution in [0.5, 0.6) is 0 Å². The highest BCUT2D eigenvalue weighted by molar-refractivity contribution is 5.97. The van der Waals surface area contributed by atoms with Crippen LogP contribution in [0.1, 0.15) is 54.4 Å². The molecule has 0 aromatic heterocycles. The van der Waals surface area contributed by atoms with E-state index < -0.39 is 0 Å². The van der Waals surface area contributed by atoms with Crippen LogP contribution < -0.4 is 4.90 Å². The Morgan fingerprint density at radius 1 is 1.07 bits per heavy atom. The van der Waals surface area contributed by atoms with Gasteiger partial charge in [-0.05, 0) is 61.8 Å². The number of nitrogens with zero attached hydrogens (tertiary/aromatic N) is 2. The van der Waals surface area contributed by atoms with Crippen molar-refractivity contribution in [2.24, 2.45) is 5.92 Å². The minimum Gasteiger partial charge on any atom is -0.447 e. The van der Waals surface area contributed by atoms with Gasteiger partial charge in [-0.3, -0.25) is 9.69 Å². The molecule has 0 radical (unpaired) electrons. The average Bonchev–Trinajstić information content (AvgIpc) is 3.16. The van der Waals surface area contributed by atoms with E-state index in [-0.39, 0.29) is 18.6 Å². The molecule has 0 bridgehead atoms. The van der Waals surface area contributed by atoms with Gasteiger partial charge < -0.3 is 14.4 Å². The maximum atomic E-state index is 13.3. The van der Waals surface area contributed by atoms with Crippen LogP contribution in [0.3, 0.4) is 0 Å². The number of rotatable bonds is 4. The topological polar surface area (TPSA) is 59.1 Å². The predicted octanol–water partition coefficient (Wildman–Crippen LogP) is 3.63. The number of anilines is 1. The number of amides is 2. The average molecular weight is 386 g/mol. The van der Waals surface area contributed by atoms with Crippen molar-refractivity contribution in [3.63, 3.8) is 0 Å². The summed E-state index contributed by atoms with van der Waals surface area (Å²) in [5.74, 6) is 0.832. The van der Waals surface area contributed by atoms with E-state index in [1.165, 1.54) is 25.7 Å². The van der Waals surface area contributed by atoms with Gasteiger partial charge >= 0.3 is 6.09 Å². The molecule has 2 fully saturated rings. The van der Waals surface area contributed by atoms with Gasteiger partial charge in [0, 0.05) is 31.8 Å². The maximum absolute atomic E-state index is 13.3. The number of carbonyl (C=O) groups excluding carboxylic acids is 2. The second kappa shape index (κ2) is 8.52. The lowest BCUT2D eigenvalue weighted by Crippen LogP contribution is -2.49. The first kappa shape index (κ1) is 19.2. The predicted molar refractivity (Wildman–Crippen MR) is 107 cm³/mol. The summed E-state index contributed by atoms with van der Waals surface area (Å²) in [5.41, 5.74) is 2.65. The smallest absolute Gasteiger partial charge is 0.414 e. The number of fused-ring (bicyclic) bond motifs is 2. The van der Waals surface area contributed by atoms with E-state index in [0.29, 0.717) is 25.1 Å². The van der Waals surface area contributed by atoms with E-state index in [1.54, 1.807) is 12.0 Å². The summed E-state index contributed by atoms with van der Waals surface area (Å²) in [7, 11) is 1.58. The van der Waals surface area contributed by atoms with Crippen molar-refractivity contribution in [1.82, 2.24) is 4.90 Å².